The van der Waals surface area contributed by atoms with Gasteiger partial charge in [-0.1, -0.05) is 0 Å². The Labute approximate surface area is 93.4 Å². The van der Waals surface area contributed by atoms with Crippen molar-refractivity contribution in [3.8, 4) is 0 Å². The molecule has 0 aliphatic rings. The quantitative estimate of drug-likeness (QED) is 0.720. The van der Waals surface area contributed by atoms with Gasteiger partial charge in [0.1, 0.15) is 0 Å². The lowest BCUT2D eigenvalue weighted by Crippen LogP contribution is -2.36. The lowest BCUT2D eigenvalue weighted by Gasteiger charge is -2.11. The fourth-order valence-electron chi connectivity index (χ4n) is 1.01. The minimum absolute atomic E-state index is 0.0676. The molecule has 0 spiro atoms. The fraction of sp³-hybridized carbons (Fsp3) is 0.300. The first-order valence-electron chi connectivity index (χ1n) is 4.71. The van der Waals surface area contributed by atoms with Crippen LogP contribution in [0.1, 0.15) is 10.5 Å². The number of pyridine rings is 1. The molecular weight excluding hydrogens is 208 g/mol. The third-order valence-corrected chi connectivity index (χ3v) is 1.95. The number of aromatic nitrogens is 1. The predicted molar refractivity (Wildman–Crippen MR) is 59.7 cm³/mol. The SMILES string of the molecule is CN(C)C(=O)CNC(=O)c1ncccc1N. The molecule has 2 amide bonds. The molecule has 0 unspecified atom stereocenters. The van der Waals surface area contributed by atoms with Crippen LogP contribution in [0, 0.1) is 0 Å². The van der Waals surface area contributed by atoms with Gasteiger partial charge in [0.2, 0.25) is 5.91 Å². The molecule has 1 rings (SSSR count). The maximum Gasteiger partial charge on any atom is 0.272 e. The van der Waals surface area contributed by atoms with Crippen LogP contribution in [-0.4, -0.2) is 42.3 Å². The van der Waals surface area contributed by atoms with E-state index >= 15 is 0 Å². The van der Waals surface area contributed by atoms with Crippen LogP contribution in [0.2, 0.25) is 0 Å². The standard InChI is InChI=1S/C10H14N4O2/c1-14(2)8(15)6-13-10(16)9-7(11)4-3-5-12-9/h3-5H,6,11H2,1-2H3,(H,13,16). The lowest BCUT2D eigenvalue weighted by molar-refractivity contribution is -0.127. The molecule has 0 aliphatic heterocycles. The van der Waals surface area contributed by atoms with Gasteiger partial charge in [0, 0.05) is 20.3 Å². The molecule has 0 saturated heterocycles. The highest BCUT2D eigenvalue weighted by atomic mass is 16.2. The zero-order valence-corrected chi connectivity index (χ0v) is 9.23. The van der Waals surface area contributed by atoms with Gasteiger partial charge in [-0.2, -0.15) is 0 Å². The van der Waals surface area contributed by atoms with Crippen molar-refractivity contribution in [1.82, 2.24) is 15.2 Å². The van der Waals surface area contributed by atoms with Crippen LogP contribution in [0.15, 0.2) is 18.3 Å². The fourth-order valence-corrected chi connectivity index (χ4v) is 1.01. The Bertz CT molecular complexity index is 404. The molecule has 0 bridgehead atoms. The number of anilines is 1. The highest BCUT2D eigenvalue weighted by Crippen LogP contribution is 2.05. The summed E-state index contributed by atoms with van der Waals surface area (Å²) < 4.78 is 0. The molecule has 16 heavy (non-hydrogen) atoms. The summed E-state index contributed by atoms with van der Waals surface area (Å²) in [6.45, 7) is -0.0676. The number of amides is 2. The summed E-state index contributed by atoms with van der Waals surface area (Å²) in [6.07, 6.45) is 1.47. The number of hydrogen-bond donors (Lipinski definition) is 2. The number of nitrogens with two attached hydrogens (primary N) is 1. The first kappa shape index (κ1) is 12.0. The largest absolute Gasteiger partial charge is 0.397 e. The van der Waals surface area contributed by atoms with Crippen LogP contribution < -0.4 is 11.1 Å². The Morgan fingerprint density at radius 1 is 1.50 bits per heavy atom. The van der Waals surface area contributed by atoms with Crippen LogP contribution in [0.5, 0.6) is 0 Å². The average molecular weight is 222 g/mol. The van der Waals surface area contributed by atoms with Crippen molar-refractivity contribution in [1.29, 1.82) is 0 Å². The van der Waals surface area contributed by atoms with Crippen molar-refractivity contribution >= 4 is 17.5 Å². The number of carbonyl (C=O) groups excluding carboxylic acids is 2. The maximum atomic E-state index is 11.6. The summed E-state index contributed by atoms with van der Waals surface area (Å²) in [5.74, 6) is -0.642. The maximum absolute atomic E-state index is 11.6. The monoisotopic (exact) mass is 222 g/mol. The molecule has 6 heteroatoms. The number of likely N-dealkylation sites (N-methyl/N-ethyl adjacent to an activating group) is 1. The minimum atomic E-state index is -0.451. The van der Waals surface area contributed by atoms with Gasteiger partial charge < -0.3 is 16.0 Å². The second-order valence-electron chi connectivity index (χ2n) is 3.41. The van der Waals surface area contributed by atoms with Crippen LogP contribution >= 0.6 is 0 Å². The second kappa shape index (κ2) is 5.11. The smallest absolute Gasteiger partial charge is 0.272 e. The van der Waals surface area contributed by atoms with Gasteiger partial charge in [-0.05, 0) is 12.1 Å². The van der Waals surface area contributed by atoms with Gasteiger partial charge in [-0.3, -0.25) is 9.59 Å². The number of carbonyl (C=O) groups is 2. The number of rotatable bonds is 3. The Balaban J connectivity index is 2.60. The Morgan fingerprint density at radius 3 is 2.75 bits per heavy atom. The van der Waals surface area contributed by atoms with Crippen molar-refractivity contribution < 1.29 is 9.59 Å². The topological polar surface area (TPSA) is 88.3 Å². The molecule has 0 fully saturated rings. The predicted octanol–water partition coefficient (Wildman–Crippen LogP) is -0.518. The van der Waals surface area contributed by atoms with Gasteiger partial charge >= 0.3 is 0 Å². The van der Waals surface area contributed by atoms with Crippen molar-refractivity contribution in [3.63, 3.8) is 0 Å². The highest BCUT2D eigenvalue weighted by molar-refractivity contribution is 5.98. The first-order valence-corrected chi connectivity index (χ1v) is 4.71. The summed E-state index contributed by atoms with van der Waals surface area (Å²) in [4.78, 5) is 28.0. The molecule has 1 aromatic heterocycles. The average Bonchev–Trinajstić information content (AvgIpc) is 2.25. The number of hydrogen-bond acceptors (Lipinski definition) is 4. The Kier molecular flexibility index (Phi) is 3.82. The second-order valence-corrected chi connectivity index (χ2v) is 3.41. The van der Waals surface area contributed by atoms with Gasteiger partial charge in [0.05, 0.1) is 12.2 Å². The van der Waals surface area contributed by atoms with Crippen molar-refractivity contribution in [2.24, 2.45) is 0 Å². The molecule has 1 heterocycles. The van der Waals surface area contributed by atoms with E-state index in [4.69, 9.17) is 5.73 Å². The van der Waals surface area contributed by atoms with Crippen LogP contribution in [0.4, 0.5) is 5.69 Å². The summed E-state index contributed by atoms with van der Waals surface area (Å²) in [7, 11) is 3.23. The van der Waals surface area contributed by atoms with E-state index in [1.54, 1.807) is 26.2 Å². The van der Waals surface area contributed by atoms with Crippen molar-refractivity contribution in [2.75, 3.05) is 26.4 Å². The van der Waals surface area contributed by atoms with E-state index < -0.39 is 5.91 Å². The Morgan fingerprint density at radius 2 is 2.19 bits per heavy atom. The van der Waals surface area contributed by atoms with E-state index in [2.05, 4.69) is 10.3 Å². The number of nitrogens with zero attached hydrogens (tertiary/aromatic N) is 2. The highest BCUT2D eigenvalue weighted by Gasteiger charge is 2.12. The molecule has 6 nitrogen and oxygen atoms in total. The van der Waals surface area contributed by atoms with Gasteiger partial charge in [-0.15, -0.1) is 0 Å². The molecule has 86 valence electrons. The summed E-state index contributed by atoms with van der Waals surface area (Å²) in [5, 5.41) is 2.45. The van der Waals surface area contributed by atoms with E-state index in [9.17, 15) is 9.59 Å². The third kappa shape index (κ3) is 2.94. The molecule has 0 aliphatic carbocycles. The molecule has 0 saturated carbocycles. The molecule has 0 atom stereocenters. The van der Waals surface area contributed by atoms with E-state index in [-0.39, 0.29) is 23.8 Å². The van der Waals surface area contributed by atoms with Gasteiger partial charge in [0.25, 0.3) is 5.91 Å². The third-order valence-electron chi connectivity index (χ3n) is 1.95. The summed E-state index contributed by atoms with van der Waals surface area (Å²) in [6, 6.07) is 3.22. The Hall–Kier alpha value is -2.11. The summed E-state index contributed by atoms with van der Waals surface area (Å²) in [5.41, 5.74) is 5.99. The van der Waals surface area contributed by atoms with E-state index in [1.165, 1.54) is 11.1 Å². The van der Waals surface area contributed by atoms with Crippen molar-refractivity contribution in [3.05, 3.63) is 24.0 Å². The molecular formula is C10H14N4O2. The van der Waals surface area contributed by atoms with Crippen molar-refractivity contribution in [2.45, 2.75) is 0 Å². The van der Waals surface area contributed by atoms with E-state index in [0.29, 0.717) is 0 Å². The zero-order chi connectivity index (χ0) is 12.1. The zero-order valence-electron chi connectivity index (χ0n) is 9.23. The lowest BCUT2D eigenvalue weighted by atomic mass is 10.3. The molecule has 0 aromatic carbocycles. The van der Waals surface area contributed by atoms with Gasteiger partial charge in [-0.25, -0.2) is 4.98 Å². The van der Waals surface area contributed by atoms with Crippen LogP contribution in [0.25, 0.3) is 0 Å². The molecule has 1 aromatic rings. The first-order chi connectivity index (χ1) is 7.52. The minimum Gasteiger partial charge on any atom is -0.397 e. The van der Waals surface area contributed by atoms with Gasteiger partial charge in [0.15, 0.2) is 5.69 Å². The van der Waals surface area contributed by atoms with Crippen LogP contribution in [-0.2, 0) is 4.79 Å². The van der Waals surface area contributed by atoms with Crippen LogP contribution in [0.3, 0.4) is 0 Å². The summed E-state index contributed by atoms with van der Waals surface area (Å²) >= 11 is 0. The van der Waals surface area contributed by atoms with E-state index in [0.717, 1.165) is 0 Å². The number of nitrogens with one attached hydrogen (secondary N) is 1. The normalized spacial score (nSPS) is 9.62. The number of nitrogen functional groups attached to an aromatic ring is 1. The van der Waals surface area contributed by atoms with E-state index in [1.807, 2.05) is 0 Å². The molecule has 0 radical (unpaired) electrons. The molecule has 3 N–H and O–H groups in total.